The Morgan fingerprint density at radius 1 is 1.00 bits per heavy atom. The van der Waals surface area contributed by atoms with Gasteiger partial charge in [0.05, 0.1) is 6.10 Å². The van der Waals surface area contributed by atoms with Crippen molar-refractivity contribution in [1.82, 2.24) is 14.9 Å². The summed E-state index contributed by atoms with van der Waals surface area (Å²) in [6.07, 6.45) is 3.45. The minimum absolute atomic E-state index is 0.0532. The summed E-state index contributed by atoms with van der Waals surface area (Å²) in [6, 6.07) is 7.61. The van der Waals surface area contributed by atoms with E-state index < -0.39 is 6.10 Å². The molecule has 1 unspecified atom stereocenters. The second-order valence-corrected chi connectivity index (χ2v) is 8.02. The summed E-state index contributed by atoms with van der Waals surface area (Å²) < 4.78 is 11.8. The van der Waals surface area contributed by atoms with Crippen molar-refractivity contribution in [1.29, 1.82) is 0 Å². The largest absolute Gasteiger partial charge is 0.491 e. The molecule has 0 N–H and O–H groups in total. The number of benzene rings is 1. The smallest absolute Gasteiger partial charge is 0.268 e. The Kier molecular flexibility index (Phi) is 6.03. The van der Waals surface area contributed by atoms with Gasteiger partial charge in [-0.25, -0.2) is 9.97 Å². The number of likely N-dealkylation sites (N-methyl/N-ethyl adjacent to an activating group) is 1. The maximum absolute atomic E-state index is 13.0. The van der Waals surface area contributed by atoms with Gasteiger partial charge in [0.1, 0.15) is 5.75 Å². The summed E-state index contributed by atoms with van der Waals surface area (Å²) in [5.41, 5.74) is 0.848. The van der Waals surface area contributed by atoms with Gasteiger partial charge in [-0.15, -0.1) is 0 Å². The number of carbonyl (C=O) groups is 1. The Morgan fingerprint density at radius 3 is 2.40 bits per heavy atom. The van der Waals surface area contributed by atoms with Gasteiger partial charge in [-0.3, -0.25) is 4.79 Å². The normalized spacial score (nSPS) is 20.1. The van der Waals surface area contributed by atoms with Gasteiger partial charge in [0.2, 0.25) is 0 Å². The van der Waals surface area contributed by atoms with Crippen molar-refractivity contribution in [2.75, 3.05) is 49.6 Å². The molecule has 0 aliphatic carbocycles. The lowest BCUT2D eigenvalue weighted by Gasteiger charge is -2.33. The molecule has 0 saturated carbocycles. The summed E-state index contributed by atoms with van der Waals surface area (Å²) in [5.74, 6) is 1.89. The van der Waals surface area contributed by atoms with Gasteiger partial charge in [0.15, 0.2) is 11.9 Å². The summed E-state index contributed by atoms with van der Waals surface area (Å²) in [6.45, 7) is 8.23. The summed E-state index contributed by atoms with van der Waals surface area (Å²) in [5, 5.41) is 0. The van der Waals surface area contributed by atoms with E-state index in [4.69, 9.17) is 9.47 Å². The molecular formula is C22H29N5O3. The maximum atomic E-state index is 13.0. The van der Waals surface area contributed by atoms with Crippen LogP contribution in [0.2, 0.25) is 0 Å². The monoisotopic (exact) mass is 411 g/mol. The van der Waals surface area contributed by atoms with Gasteiger partial charge in [-0.2, -0.15) is 0 Å². The van der Waals surface area contributed by atoms with Crippen molar-refractivity contribution in [3.05, 3.63) is 36.7 Å². The summed E-state index contributed by atoms with van der Waals surface area (Å²) in [7, 11) is 2.11. The van der Waals surface area contributed by atoms with Crippen LogP contribution >= 0.6 is 0 Å². The van der Waals surface area contributed by atoms with Crippen molar-refractivity contribution in [2.24, 2.45) is 0 Å². The van der Waals surface area contributed by atoms with Crippen LogP contribution in [0.25, 0.3) is 0 Å². The van der Waals surface area contributed by atoms with Crippen molar-refractivity contribution in [3.63, 3.8) is 0 Å². The Bertz CT molecular complexity index is 865. The van der Waals surface area contributed by atoms with E-state index in [1.807, 2.05) is 38.1 Å². The molecule has 160 valence electrons. The number of anilines is 2. The van der Waals surface area contributed by atoms with Gasteiger partial charge in [0, 0.05) is 57.2 Å². The number of ether oxygens (including phenoxy) is 2. The lowest BCUT2D eigenvalue weighted by molar-refractivity contribution is -0.123. The van der Waals surface area contributed by atoms with Crippen molar-refractivity contribution < 1.29 is 14.3 Å². The molecular weight excluding hydrogens is 382 g/mol. The number of aromatic nitrogens is 2. The van der Waals surface area contributed by atoms with E-state index in [0.29, 0.717) is 24.7 Å². The molecule has 1 aromatic heterocycles. The first-order valence-corrected chi connectivity index (χ1v) is 10.5. The topological polar surface area (TPSA) is 71.0 Å². The lowest BCUT2D eigenvalue weighted by Crippen LogP contribution is -2.45. The summed E-state index contributed by atoms with van der Waals surface area (Å²) in [4.78, 5) is 28.1. The molecule has 1 aromatic carbocycles. The molecule has 1 atom stereocenters. The highest BCUT2D eigenvalue weighted by Gasteiger charge is 2.35. The molecule has 0 spiro atoms. The van der Waals surface area contributed by atoms with Crippen LogP contribution in [0.5, 0.6) is 11.6 Å². The Hall–Kier alpha value is -2.87. The fourth-order valence-electron chi connectivity index (χ4n) is 3.77. The number of piperazine rings is 1. The zero-order valence-corrected chi connectivity index (χ0v) is 17.8. The average molecular weight is 412 g/mol. The molecule has 8 heteroatoms. The highest BCUT2D eigenvalue weighted by molar-refractivity contribution is 5.99. The second kappa shape index (κ2) is 8.87. The third-order valence-corrected chi connectivity index (χ3v) is 5.38. The van der Waals surface area contributed by atoms with E-state index in [9.17, 15) is 4.79 Å². The van der Waals surface area contributed by atoms with Crippen molar-refractivity contribution >= 4 is 17.4 Å². The fourth-order valence-corrected chi connectivity index (χ4v) is 3.77. The van der Waals surface area contributed by atoms with Crippen LogP contribution < -0.4 is 19.3 Å². The first kappa shape index (κ1) is 20.4. The van der Waals surface area contributed by atoms with Gasteiger partial charge in [-0.1, -0.05) is 0 Å². The highest BCUT2D eigenvalue weighted by atomic mass is 16.5. The molecule has 4 rings (SSSR count). The molecule has 30 heavy (non-hydrogen) atoms. The van der Waals surface area contributed by atoms with Gasteiger partial charge < -0.3 is 24.2 Å². The Labute approximate surface area is 177 Å². The van der Waals surface area contributed by atoms with Gasteiger partial charge in [-0.05, 0) is 45.2 Å². The van der Waals surface area contributed by atoms with Crippen molar-refractivity contribution in [3.8, 4) is 11.6 Å². The number of amides is 1. The number of rotatable bonds is 6. The number of carbonyl (C=O) groups excluding carboxylic acids is 1. The third kappa shape index (κ3) is 4.48. The van der Waals surface area contributed by atoms with Gasteiger partial charge >= 0.3 is 0 Å². The van der Waals surface area contributed by atoms with Crippen LogP contribution in [0.3, 0.4) is 0 Å². The second-order valence-electron chi connectivity index (χ2n) is 8.02. The molecule has 2 aliphatic heterocycles. The van der Waals surface area contributed by atoms with Crippen molar-refractivity contribution in [2.45, 2.75) is 32.5 Å². The first-order chi connectivity index (χ1) is 14.5. The zero-order chi connectivity index (χ0) is 21.1. The fraction of sp³-hybridized carbons (Fsp3) is 0.500. The Morgan fingerprint density at radius 2 is 1.70 bits per heavy atom. The van der Waals surface area contributed by atoms with Crippen LogP contribution in [0, 0.1) is 0 Å². The molecule has 2 aromatic rings. The third-order valence-electron chi connectivity index (χ3n) is 5.38. The molecule has 0 radical (unpaired) electrons. The molecule has 8 nitrogen and oxygen atoms in total. The predicted octanol–water partition coefficient (Wildman–Crippen LogP) is 2.20. The number of nitrogens with zero attached hydrogens (tertiary/aromatic N) is 5. The zero-order valence-electron chi connectivity index (χ0n) is 17.8. The molecule has 2 aliphatic rings. The lowest BCUT2D eigenvalue weighted by atomic mass is 10.2. The van der Waals surface area contributed by atoms with Crippen LogP contribution in [-0.4, -0.2) is 72.8 Å². The number of hydrogen-bond acceptors (Lipinski definition) is 7. The Balaban J connectivity index is 1.44. The molecule has 1 amide bonds. The van der Waals surface area contributed by atoms with E-state index in [1.54, 1.807) is 17.3 Å². The van der Waals surface area contributed by atoms with E-state index >= 15 is 0 Å². The quantitative estimate of drug-likeness (QED) is 0.722. The standard InChI is InChI=1S/C22H29N5O3/c1-16(2)29-18-6-4-17(5-7-18)27-11-8-19(22(27)28)30-21-20(23-9-10-24-21)26-14-12-25(3)13-15-26/h4-7,9-10,16,19H,8,11-15H2,1-3H3. The molecule has 3 heterocycles. The summed E-state index contributed by atoms with van der Waals surface area (Å²) >= 11 is 0. The van der Waals surface area contributed by atoms with E-state index in [0.717, 1.165) is 37.6 Å². The minimum Gasteiger partial charge on any atom is -0.491 e. The highest BCUT2D eigenvalue weighted by Crippen LogP contribution is 2.29. The maximum Gasteiger partial charge on any atom is 0.268 e. The van der Waals surface area contributed by atoms with Crippen LogP contribution in [0.15, 0.2) is 36.7 Å². The SMILES string of the molecule is CC(C)Oc1ccc(N2CCC(Oc3nccnc3N3CCN(C)CC3)C2=O)cc1. The van der Waals surface area contributed by atoms with E-state index in [2.05, 4.69) is 26.8 Å². The molecule has 2 fully saturated rings. The molecule has 0 bridgehead atoms. The predicted molar refractivity (Wildman–Crippen MR) is 115 cm³/mol. The van der Waals surface area contributed by atoms with Crippen LogP contribution in [-0.2, 0) is 4.79 Å². The van der Waals surface area contributed by atoms with Gasteiger partial charge in [0.25, 0.3) is 11.8 Å². The average Bonchev–Trinajstić information content (AvgIpc) is 3.10. The number of hydrogen-bond donors (Lipinski definition) is 0. The minimum atomic E-state index is -0.556. The van der Waals surface area contributed by atoms with E-state index in [-0.39, 0.29) is 12.0 Å². The first-order valence-electron chi connectivity index (χ1n) is 10.5. The van der Waals surface area contributed by atoms with Crippen LogP contribution in [0.1, 0.15) is 20.3 Å². The van der Waals surface area contributed by atoms with E-state index in [1.165, 1.54) is 0 Å². The van der Waals surface area contributed by atoms with Crippen LogP contribution in [0.4, 0.5) is 11.5 Å². The molecule has 2 saturated heterocycles.